The monoisotopic (exact) mass is 569 g/mol. The smallest absolute Gasteiger partial charge is 0.336 e. The number of carbonyl (C=O) groups is 3. The Hall–Kier alpha value is -4.51. The summed E-state index contributed by atoms with van der Waals surface area (Å²) >= 11 is 0. The van der Waals surface area contributed by atoms with Gasteiger partial charge in [0.05, 0.1) is 29.1 Å². The molecular formula is C32H35N5O5. The second-order valence-electron chi connectivity index (χ2n) is 10.7. The Bertz CT molecular complexity index is 1540. The van der Waals surface area contributed by atoms with Crippen molar-refractivity contribution in [2.45, 2.75) is 13.8 Å². The summed E-state index contributed by atoms with van der Waals surface area (Å²) in [6.45, 7) is 8.72. The van der Waals surface area contributed by atoms with Gasteiger partial charge < -0.3 is 20.6 Å². The Morgan fingerprint density at radius 3 is 2.36 bits per heavy atom. The molecule has 3 aromatic rings. The molecule has 10 nitrogen and oxygen atoms in total. The topological polar surface area (TPSA) is 123 Å². The number of hydrogen-bond donors (Lipinski definition) is 4. The standard InChI is InChI=1S/C32H35N5O5/c1-20-17-23(9-10-24(20)30(38)35-42-16-15-37-13-11-36(3)12-14-37)33-29(22-7-5-4-6-8-22)28-26-18-21(2)25(32(40)41)19-27(26)34-31(28)39/h4-10,17-19,33H,11-16H2,1-3H3,(H,34,39)(H,35,38)(H,40,41)/b29-28-. The summed E-state index contributed by atoms with van der Waals surface area (Å²) in [6, 6.07) is 18.0. The van der Waals surface area contributed by atoms with Gasteiger partial charge in [-0.2, -0.15) is 0 Å². The SMILES string of the molecule is Cc1cc2c(cc1C(=O)O)NC(=O)/C2=C(\Nc1ccc(C(=O)NOCCN2CCN(C)CC2)c(C)c1)c1ccccc1. The van der Waals surface area contributed by atoms with Crippen LogP contribution in [0.4, 0.5) is 11.4 Å². The number of nitrogens with one attached hydrogen (secondary N) is 3. The average Bonchev–Trinajstić information content (AvgIpc) is 3.29. The summed E-state index contributed by atoms with van der Waals surface area (Å²) in [5.41, 5.74) is 7.97. The predicted octanol–water partition coefficient (Wildman–Crippen LogP) is 3.84. The largest absolute Gasteiger partial charge is 0.478 e. The van der Waals surface area contributed by atoms with Crippen molar-refractivity contribution in [3.05, 3.63) is 94.0 Å². The maximum Gasteiger partial charge on any atom is 0.336 e. The quantitative estimate of drug-likeness (QED) is 0.174. The number of nitrogens with zero attached hydrogens (tertiary/aromatic N) is 2. The first-order valence-electron chi connectivity index (χ1n) is 13.9. The molecule has 2 heterocycles. The van der Waals surface area contributed by atoms with Crippen molar-refractivity contribution < 1.29 is 24.3 Å². The van der Waals surface area contributed by atoms with Gasteiger partial charge in [-0.3, -0.25) is 19.3 Å². The van der Waals surface area contributed by atoms with Crippen molar-refractivity contribution in [3.63, 3.8) is 0 Å². The molecule has 3 aromatic carbocycles. The van der Waals surface area contributed by atoms with Gasteiger partial charge in [0, 0.05) is 49.5 Å². The number of likely N-dealkylation sites (N-methyl/N-ethyl adjacent to an activating group) is 1. The number of carboxylic acid groups (broad SMARTS) is 1. The highest BCUT2D eigenvalue weighted by molar-refractivity contribution is 6.37. The van der Waals surface area contributed by atoms with E-state index in [4.69, 9.17) is 4.84 Å². The summed E-state index contributed by atoms with van der Waals surface area (Å²) < 4.78 is 0. The van der Waals surface area contributed by atoms with Gasteiger partial charge in [0.25, 0.3) is 11.8 Å². The highest BCUT2D eigenvalue weighted by atomic mass is 16.7. The van der Waals surface area contributed by atoms with Gasteiger partial charge in [-0.05, 0) is 67.9 Å². The molecule has 2 aliphatic rings. The molecule has 0 saturated carbocycles. The molecule has 0 radical (unpaired) electrons. The number of anilines is 2. The normalized spacial score (nSPS) is 16.5. The molecular weight excluding hydrogens is 534 g/mol. The van der Waals surface area contributed by atoms with Crippen molar-refractivity contribution in [2.75, 3.05) is 57.0 Å². The second-order valence-corrected chi connectivity index (χ2v) is 10.7. The van der Waals surface area contributed by atoms with Crippen LogP contribution in [-0.2, 0) is 9.63 Å². The van der Waals surface area contributed by atoms with Crippen LogP contribution in [0.2, 0.25) is 0 Å². The molecule has 10 heteroatoms. The van der Waals surface area contributed by atoms with Crippen molar-refractivity contribution >= 4 is 40.4 Å². The van der Waals surface area contributed by atoms with Gasteiger partial charge in [-0.15, -0.1) is 0 Å². The molecule has 0 aromatic heterocycles. The van der Waals surface area contributed by atoms with Crippen LogP contribution in [-0.4, -0.2) is 79.1 Å². The molecule has 218 valence electrons. The lowest BCUT2D eigenvalue weighted by atomic mass is 9.96. The minimum atomic E-state index is -1.05. The lowest BCUT2D eigenvalue weighted by molar-refractivity contribution is -0.110. The molecule has 0 spiro atoms. The molecule has 0 atom stereocenters. The highest BCUT2D eigenvalue weighted by Gasteiger charge is 2.30. The van der Waals surface area contributed by atoms with Crippen molar-refractivity contribution in [1.82, 2.24) is 15.3 Å². The van der Waals surface area contributed by atoms with Crippen LogP contribution in [0.15, 0.2) is 60.7 Å². The van der Waals surface area contributed by atoms with Crippen molar-refractivity contribution in [2.24, 2.45) is 0 Å². The fourth-order valence-corrected chi connectivity index (χ4v) is 5.25. The number of benzene rings is 3. The molecule has 0 bridgehead atoms. The van der Waals surface area contributed by atoms with E-state index in [1.54, 1.807) is 25.1 Å². The Morgan fingerprint density at radius 1 is 0.952 bits per heavy atom. The van der Waals surface area contributed by atoms with Gasteiger partial charge in [0.2, 0.25) is 0 Å². The average molecular weight is 570 g/mol. The third kappa shape index (κ3) is 6.36. The molecule has 2 aliphatic heterocycles. The Labute approximate surface area is 244 Å². The fourth-order valence-electron chi connectivity index (χ4n) is 5.25. The lowest BCUT2D eigenvalue weighted by Gasteiger charge is -2.32. The van der Waals surface area contributed by atoms with Gasteiger partial charge in [0.1, 0.15) is 0 Å². The van der Waals surface area contributed by atoms with Gasteiger partial charge in [0.15, 0.2) is 0 Å². The Morgan fingerprint density at radius 2 is 1.67 bits per heavy atom. The van der Waals surface area contributed by atoms with E-state index in [-0.39, 0.29) is 17.4 Å². The number of piperazine rings is 1. The number of rotatable bonds is 9. The van der Waals surface area contributed by atoms with Crippen LogP contribution < -0.4 is 16.1 Å². The number of hydroxylamine groups is 1. The number of carbonyl (C=O) groups excluding carboxylic acids is 2. The third-order valence-electron chi connectivity index (χ3n) is 7.66. The van der Waals surface area contributed by atoms with Gasteiger partial charge >= 0.3 is 5.97 Å². The van der Waals surface area contributed by atoms with Crippen LogP contribution in [0.3, 0.4) is 0 Å². The zero-order valence-electron chi connectivity index (χ0n) is 24.0. The molecule has 0 aliphatic carbocycles. The van der Waals surface area contributed by atoms with E-state index in [9.17, 15) is 19.5 Å². The van der Waals surface area contributed by atoms with Crippen LogP contribution >= 0.6 is 0 Å². The number of fused-ring (bicyclic) bond motifs is 1. The summed E-state index contributed by atoms with van der Waals surface area (Å²) in [5.74, 6) is -1.71. The Kier molecular flexibility index (Phi) is 8.67. The molecule has 2 amide bonds. The predicted molar refractivity (Wildman–Crippen MR) is 162 cm³/mol. The van der Waals surface area contributed by atoms with Gasteiger partial charge in [-0.25, -0.2) is 10.3 Å². The number of hydrogen-bond acceptors (Lipinski definition) is 7. The number of aromatic carboxylic acids is 1. The van der Waals surface area contributed by atoms with Crippen LogP contribution in [0.25, 0.3) is 11.3 Å². The maximum absolute atomic E-state index is 13.3. The maximum atomic E-state index is 13.3. The highest BCUT2D eigenvalue weighted by Crippen LogP contribution is 2.39. The number of amides is 2. The molecule has 42 heavy (non-hydrogen) atoms. The van der Waals surface area contributed by atoms with E-state index in [2.05, 4.69) is 33.0 Å². The summed E-state index contributed by atoms with van der Waals surface area (Å²) in [4.78, 5) is 47.8. The van der Waals surface area contributed by atoms with E-state index < -0.39 is 5.97 Å². The minimum absolute atomic E-state index is 0.136. The molecule has 1 saturated heterocycles. The first-order chi connectivity index (χ1) is 20.2. The van der Waals surface area contributed by atoms with E-state index in [0.717, 1.165) is 43.9 Å². The molecule has 5 rings (SSSR count). The van der Waals surface area contributed by atoms with Crippen LogP contribution in [0.1, 0.15) is 43.0 Å². The molecule has 0 unspecified atom stereocenters. The van der Waals surface area contributed by atoms with Crippen molar-refractivity contribution in [3.8, 4) is 0 Å². The molecule has 1 fully saturated rings. The van der Waals surface area contributed by atoms with E-state index >= 15 is 0 Å². The Balaban J connectivity index is 1.35. The zero-order chi connectivity index (χ0) is 29.8. The van der Waals surface area contributed by atoms with Gasteiger partial charge in [-0.1, -0.05) is 30.3 Å². The van der Waals surface area contributed by atoms with E-state index in [0.29, 0.717) is 45.9 Å². The second kappa shape index (κ2) is 12.6. The number of carboxylic acids is 1. The third-order valence-corrected chi connectivity index (χ3v) is 7.66. The first-order valence-corrected chi connectivity index (χ1v) is 13.9. The first kappa shape index (κ1) is 29.0. The van der Waals surface area contributed by atoms with E-state index in [1.807, 2.05) is 43.3 Å². The molecule has 4 N–H and O–H groups in total. The van der Waals surface area contributed by atoms with E-state index in [1.165, 1.54) is 6.07 Å². The fraction of sp³-hybridized carbons (Fsp3) is 0.281. The summed E-state index contributed by atoms with van der Waals surface area (Å²) in [7, 11) is 2.11. The minimum Gasteiger partial charge on any atom is -0.478 e. The van der Waals surface area contributed by atoms with Crippen LogP contribution in [0.5, 0.6) is 0 Å². The lowest BCUT2D eigenvalue weighted by Crippen LogP contribution is -2.45. The van der Waals surface area contributed by atoms with Crippen LogP contribution in [0, 0.1) is 13.8 Å². The summed E-state index contributed by atoms with van der Waals surface area (Å²) in [6.07, 6.45) is 0. The zero-order valence-corrected chi connectivity index (χ0v) is 24.0. The summed E-state index contributed by atoms with van der Waals surface area (Å²) in [5, 5.41) is 15.8. The van der Waals surface area contributed by atoms with Crippen molar-refractivity contribution in [1.29, 1.82) is 0 Å². The number of aryl methyl sites for hydroxylation is 2.